The van der Waals surface area contributed by atoms with E-state index in [2.05, 4.69) is 15.3 Å². The third-order valence-corrected chi connectivity index (χ3v) is 2.92. The quantitative estimate of drug-likeness (QED) is 0.867. The first-order chi connectivity index (χ1) is 8.66. The second-order valence-electron chi connectivity index (χ2n) is 4.39. The van der Waals surface area contributed by atoms with E-state index in [0.717, 1.165) is 22.5 Å². The van der Waals surface area contributed by atoms with Crippen molar-refractivity contribution in [3.63, 3.8) is 0 Å². The monoisotopic (exact) mass is 243 g/mol. The van der Waals surface area contributed by atoms with Crippen molar-refractivity contribution < 1.29 is 4.79 Å². The molecule has 2 aromatic rings. The van der Waals surface area contributed by atoms with Gasteiger partial charge in [-0.05, 0) is 31.4 Å². The number of carbonyl (C=O) groups excluding carboxylic acids is 1. The summed E-state index contributed by atoms with van der Waals surface area (Å²) in [7, 11) is 0. The number of hydrogen-bond donors (Lipinski definition) is 2. The number of hydrogen-bond acceptors (Lipinski definition) is 2. The van der Waals surface area contributed by atoms with Gasteiger partial charge in [0.15, 0.2) is 0 Å². The first-order valence-electron chi connectivity index (χ1n) is 6.00. The summed E-state index contributed by atoms with van der Waals surface area (Å²) < 4.78 is 0. The molecule has 4 nitrogen and oxygen atoms in total. The van der Waals surface area contributed by atoms with Crippen molar-refractivity contribution in [2.24, 2.45) is 0 Å². The van der Waals surface area contributed by atoms with Crippen LogP contribution in [0.25, 0.3) is 0 Å². The minimum Gasteiger partial charge on any atom is -0.348 e. The lowest BCUT2D eigenvalue weighted by molar-refractivity contribution is -0.116. The van der Waals surface area contributed by atoms with E-state index in [9.17, 15) is 4.79 Å². The second-order valence-corrected chi connectivity index (χ2v) is 4.39. The number of aryl methyl sites for hydroxylation is 3. The Morgan fingerprint density at radius 1 is 1.33 bits per heavy atom. The maximum atomic E-state index is 11.9. The summed E-state index contributed by atoms with van der Waals surface area (Å²) >= 11 is 0. The number of aromatic nitrogens is 2. The molecule has 0 fully saturated rings. The Labute approximate surface area is 106 Å². The van der Waals surface area contributed by atoms with Gasteiger partial charge in [0.05, 0.1) is 6.33 Å². The molecule has 94 valence electrons. The highest BCUT2D eigenvalue weighted by molar-refractivity contribution is 5.92. The van der Waals surface area contributed by atoms with Crippen molar-refractivity contribution in [2.75, 3.05) is 5.32 Å². The predicted octanol–water partition coefficient (Wildman–Crippen LogP) is 2.60. The van der Waals surface area contributed by atoms with E-state index in [1.54, 1.807) is 12.5 Å². The van der Waals surface area contributed by atoms with Crippen LogP contribution < -0.4 is 5.32 Å². The van der Waals surface area contributed by atoms with Gasteiger partial charge in [0.25, 0.3) is 0 Å². The van der Waals surface area contributed by atoms with E-state index in [0.29, 0.717) is 12.8 Å². The van der Waals surface area contributed by atoms with Gasteiger partial charge in [-0.2, -0.15) is 0 Å². The first-order valence-corrected chi connectivity index (χ1v) is 6.00. The molecule has 18 heavy (non-hydrogen) atoms. The van der Waals surface area contributed by atoms with E-state index in [4.69, 9.17) is 0 Å². The molecule has 0 aliphatic heterocycles. The third-order valence-electron chi connectivity index (χ3n) is 2.92. The summed E-state index contributed by atoms with van der Waals surface area (Å²) in [5.41, 5.74) is 4.08. The highest BCUT2D eigenvalue weighted by Crippen LogP contribution is 2.19. The zero-order valence-corrected chi connectivity index (χ0v) is 10.7. The van der Waals surface area contributed by atoms with Crippen molar-refractivity contribution in [1.29, 1.82) is 0 Å². The average molecular weight is 243 g/mol. The number of rotatable bonds is 4. The van der Waals surface area contributed by atoms with Crippen LogP contribution in [0, 0.1) is 13.8 Å². The van der Waals surface area contributed by atoms with Crippen LogP contribution in [0.3, 0.4) is 0 Å². The maximum absolute atomic E-state index is 11.9. The summed E-state index contributed by atoms with van der Waals surface area (Å²) in [4.78, 5) is 18.8. The molecule has 0 saturated heterocycles. The molecule has 0 radical (unpaired) electrons. The second kappa shape index (κ2) is 5.49. The number of imidazole rings is 1. The van der Waals surface area contributed by atoms with Crippen LogP contribution >= 0.6 is 0 Å². The van der Waals surface area contributed by atoms with Crippen molar-refractivity contribution >= 4 is 11.6 Å². The van der Waals surface area contributed by atoms with E-state index in [-0.39, 0.29) is 5.91 Å². The van der Waals surface area contributed by atoms with Gasteiger partial charge in [-0.3, -0.25) is 4.79 Å². The van der Waals surface area contributed by atoms with E-state index < -0.39 is 0 Å². The van der Waals surface area contributed by atoms with Gasteiger partial charge >= 0.3 is 0 Å². The fourth-order valence-corrected chi connectivity index (χ4v) is 1.88. The Morgan fingerprint density at radius 2 is 2.06 bits per heavy atom. The van der Waals surface area contributed by atoms with Crippen molar-refractivity contribution in [1.82, 2.24) is 9.97 Å². The summed E-state index contributed by atoms with van der Waals surface area (Å²) in [6.07, 6.45) is 4.50. The van der Waals surface area contributed by atoms with Crippen LogP contribution in [-0.2, 0) is 11.2 Å². The predicted molar refractivity (Wildman–Crippen MR) is 71.5 cm³/mol. The lowest BCUT2D eigenvalue weighted by Crippen LogP contribution is -2.14. The fourth-order valence-electron chi connectivity index (χ4n) is 1.88. The van der Waals surface area contributed by atoms with E-state index in [1.807, 2.05) is 32.0 Å². The number of para-hydroxylation sites is 1. The molecule has 0 atom stereocenters. The number of benzene rings is 1. The Bertz CT molecular complexity index is 512. The molecule has 2 rings (SSSR count). The minimum absolute atomic E-state index is 0.0296. The molecule has 0 bridgehead atoms. The van der Waals surface area contributed by atoms with E-state index in [1.165, 1.54) is 0 Å². The number of carbonyl (C=O) groups is 1. The average Bonchev–Trinajstić information content (AvgIpc) is 2.84. The molecule has 1 amide bonds. The van der Waals surface area contributed by atoms with Crippen LogP contribution in [0.2, 0.25) is 0 Å². The number of nitrogens with zero attached hydrogens (tertiary/aromatic N) is 1. The van der Waals surface area contributed by atoms with Gasteiger partial charge in [0.2, 0.25) is 5.91 Å². The summed E-state index contributed by atoms with van der Waals surface area (Å²) in [5.74, 6) is 0.0296. The fraction of sp³-hybridized carbons (Fsp3) is 0.286. The minimum atomic E-state index is 0.0296. The van der Waals surface area contributed by atoms with Gasteiger partial charge in [0.1, 0.15) is 0 Å². The molecule has 4 heteroatoms. The van der Waals surface area contributed by atoms with Crippen molar-refractivity contribution in [2.45, 2.75) is 26.7 Å². The number of aromatic amines is 1. The van der Waals surface area contributed by atoms with Crippen LogP contribution in [0.15, 0.2) is 30.7 Å². The third kappa shape index (κ3) is 2.97. The number of H-pyrrole nitrogens is 1. The number of nitrogens with one attached hydrogen (secondary N) is 2. The van der Waals surface area contributed by atoms with Crippen LogP contribution in [0.1, 0.15) is 23.2 Å². The largest absolute Gasteiger partial charge is 0.348 e. The van der Waals surface area contributed by atoms with Crippen molar-refractivity contribution in [3.8, 4) is 0 Å². The molecule has 1 heterocycles. The summed E-state index contributed by atoms with van der Waals surface area (Å²) in [5, 5.41) is 2.97. The smallest absolute Gasteiger partial charge is 0.224 e. The highest BCUT2D eigenvalue weighted by Gasteiger charge is 2.07. The van der Waals surface area contributed by atoms with Crippen molar-refractivity contribution in [3.05, 3.63) is 47.5 Å². The van der Waals surface area contributed by atoms with Gasteiger partial charge in [-0.15, -0.1) is 0 Å². The zero-order chi connectivity index (χ0) is 13.0. The molecule has 1 aromatic heterocycles. The van der Waals surface area contributed by atoms with Crippen LogP contribution in [-0.4, -0.2) is 15.9 Å². The lowest BCUT2D eigenvalue weighted by Gasteiger charge is -2.11. The molecule has 0 aliphatic rings. The normalized spacial score (nSPS) is 10.3. The Morgan fingerprint density at radius 3 is 2.67 bits per heavy atom. The lowest BCUT2D eigenvalue weighted by atomic mass is 10.1. The van der Waals surface area contributed by atoms with Crippen LogP contribution in [0.5, 0.6) is 0 Å². The highest BCUT2D eigenvalue weighted by atomic mass is 16.1. The Balaban J connectivity index is 1.95. The molecule has 1 aromatic carbocycles. The molecular weight excluding hydrogens is 226 g/mol. The molecule has 0 aliphatic carbocycles. The van der Waals surface area contributed by atoms with Gasteiger partial charge in [0, 0.05) is 24.0 Å². The summed E-state index contributed by atoms with van der Waals surface area (Å²) in [6.45, 7) is 4.00. The number of amides is 1. The van der Waals surface area contributed by atoms with Gasteiger partial charge < -0.3 is 10.3 Å². The molecule has 0 spiro atoms. The van der Waals surface area contributed by atoms with Gasteiger partial charge in [-0.25, -0.2) is 4.98 Å². The molecule has 0 unspecified atom stereocenters. The maximum Gasteiger partial charge on any atom is 0.224 e. The Hall–Kier alpha value is -2.10. The standard InChI is InChI=1S/C14H17N3O/c1-10-4-3-5-11(2)14(10)17-13(18)7-6-12-8-15-9-16-12/h3-5,8-9H,6-7H2,1-2H3,(H,15,16)(H,17,18). The topological polar surface area (TPSA) is 57.8 Å². The Kier molecular flexibility index (Phi) is 3.77. The SMILES string of the molecule is Cc1cccc(C)c1NC(=O)CCc1cnc[nH]1. The summed E-state index contributed by atoms with van der Waals surface area (Å²) in [6, 6.07) is 5.99. The van der Waals surface area contributed by atoms with Crippen LogP contribution in [0.4, 0.5) is 5.69 Å². The molecule has 0 saturated carbocycles. The molecule has 2 N–H and O–H groups in total. The molecular formula is C14H17N3O. The first kappa shape index (κ1) is 12.4. The van der Waals surface area contributed by atoms with E-state index >= 15 is 0 Å². The van der Waals surface area contributed by atoms with Gasteiger partial charge in [-0.1, -0.05) is 18.2 Å². The zero-order valence-electron chi connectivity index (χ0n) is 10.7. The number of anilines is 1.